The van der Waals surface area contributed by atoms with Crippen LogP contribution >= 0.6 is 0 Å². The lowest BCUT2D eigenvalue weighted by molar-refractivity contribution is -0.303. The first-order valence-electron chi connectivity index (χ1n) is 26.2. The van der Waals surface area contributed by atoms with E-state index in [1.54, 1.807) is 0 Å². The summed E-state index contributed by atoms with van der Waals surface area (Å²) >= 11 is 0. The van der Waals surface area contributed by atoms with E-state index in [9.17, 15) is 40.5 Å². The van der Waals surface area contributed by atoms with Crippen molar-refractivity contribution in [1.82, 2.24) is 5.32 Å². The van der Waals surface area contributed by atoms with E-state index >= 15 is 0 Å². The maximum atomic E-state index is 13.1. The largest absolute Gasteiger partial charge is 0.394 e. The van der Waals surface area contributed by atoms with Gasteiger partial charge in [-0.25, -0.2) is 0 Å². The number of ether oxygens (including phenoxy) is 2. The Labute approximate surface area is 384 Å². The van der Waals surface area contributed by atoms with Gasteiger partial charge in [-0.2, -0.15) is 0 Å². The first-order chi connectivity index (χ1) is 30.7. The lowest BCUT2D eigenvalue weighted by Crippen LogP contribution is -2.60. The highest BCUT2D eigenvalue weighted by atomic mass is 16.7. The highest BCUT2D eigenvalue weighted by molar-refractivity contribution is 5.80. The number of carbonyl (C=O) groups excluding carboxylic acids is 1. The molecule has 9 atom stereocenters. The fraction of sp³-hybridized carbons (Fsp3) is 0.904. The molecule has 372 valence electrons. The highest BCUT2D eigenvalue weighted by Gasteiger charge is 2.44. The van der Waals surface area contributed by atoms with Gasteiger partial charge >= 0.3 is 0 Å². The molecule has 0 aromatic carbocycles. The minimum Gasteiger partial charge on any atom is -0.394 e. The van der Waals surface area contributed by atoms with Crippen molar-refractivity contribution in [3.05, 3.63) is 24.3 Å². The molecule has 63 heavy (non-hydrogen) atoms. The summed E-state index contributed by atoms with van der Waals surface area (Å²) in [7, 11) is 0. The van der Waals surface area contributed by atoms with Crippen LogP contribution in [0.15, 0.2) is 24.3 Å². The lowest BCUT2D eigenvalue weighted by atomic mass is 9.98. The Morgan fingerprint density at radius 3 is 1.41 bits per heavy atom. The minimum absolute atomic E-state index is 0.249. The van der Waals surface area contributed by atoms with Crippen LogP contribution in [0.1, 0.15) is 232 Å². The molecule has 1 heterocycles. The van der Waals surface area contributed by atoms with Gasteiger partial charge in [0.15, 0.2) is 6.29 Å². The molecule has 8 N–H and O–H groups in total. The number of hydrogen-bond acceptors (Lipinski definition) is 10. The molecule has 0 aromatic heterocycles. The number of aliphatic hydroxyl groups excluding tert-OH is 7. The van der Waals surface area contributed by atoms with E-state index in [0.717, 1.165) is 38.5 Å². The van der Waals surface area contributed by atoms with Crippen molar-refractivity contribution in [2.75, 3.05) is 13.2 Å². The molecular weight excluding hydrogens is 799 g/mol. The average molecular weight is 898 g/mol. The van der Waals surface area contributed by atoms with Gasteiger partial charge in [0.05, 0.1) is 25.4 Å². The van der Waals surface area contributed by atoms with Crippen molar-refractivity contribution in [2.45, 2.75) is 287 Å². The summed E-state index contributed by atoms with van der Waals surface area (Å²) in [6.07, 6.45) is 36.6. The first kappa shape index (κ1) is 59.6. The third-order valence-corrected chi connectivity index (χ3v) is 12.7. The van der Waals surface area contributed by atoms with E-state index in [0.29, 0.717) is 19.3 Å². The van der Waals surface area contributed by atoms with E-state index in [2.05, 4.69) is 43.5 Å². The lowest BCUT2D eigenvalue weighted by Gasteiger charge is -2.40. The Balaban J connectivity index is 2.39. The van der Waals surface area contributed by atoms with Crippen LogP contribution in [-0.4, -0.2) is 110 Å². The maximum absolute atomic E-state index is 13.1. The standard InChI is InChI=1S/C52H99NO10/c1-3-5-7-9-11-13-15-17-18-19-20-21-22-23-24-25-26-28-29-31-33-35-37-39-44(55)47(57)43(42-62-52-50(60)49(59)48(58)46(41-54)63-52)53-51(61)45(56)40-38-36-34-32-30-27-16-14-12-10-8-6-4-2/h25-26,31,33,43-50,52,54-60H,3-24,27-30,32,34-42H2,1-2H3,(H,53,61)/b26-25+,33-31+. The van der Waals surface area contributed by atoms with Crippen molar-refractivity contribution in [3.63, 3.8) is 0 Å². The zero-order valence-corrected chi connectivity index (χ0v) is 40.3. The number of hydrogen-bond donors (Lipinski definition) is 8. The van der Waals surface area contributed by atoms with Crippen LogP contribution in [0.4, 0.5) is 0 Å². The first-order valence-corrected chi connectivity index (χ1v) is 26.2. The topological polar surface area (TPSA) is 189 Å². The maximum Gasteiger partial charge on any atom is 0.249 e. The summed E-state index contributed by atoms with van der Waals surface area (Å²) in [4.78, 5) is 13.1. The smallest absolute Gasteiger partial charge is 0.249 e. The Morgan fingerprint density at radius 2 is 0.952 bits per heavy atom. The van der Waals surface area contributed by atoms with Gasteiger partial charge in [0.2, 0.25) is 5.91 Å². The van der Waals surface area contributed by atoms with E-state index in [4.69, 9.17) is 9.47 Å². The van der Waals surface area contributed by atoms with Crippen LogP contribution < -0.4 is 5.32 Å². The van der Waals surface area contributed by atoms with Crippen LogP contribution in [0.25, 0.3) is 0 Å². The Morgan fingerprint density at radius 1 is 0.540 bits per heavy atom. The number of amides is 1. The number of allylic oxidation sites excluding steroid dienone is 4. The molecule has 0 bridgehead atoms. The van der Waals surface area contributed by atoms with Gasteiger partial charge in [-0.05, 0) is 51.4 Å². The quantitative estimate of drug-likeness (QED) is 0.0216. The number of carbonyl (C=O) groups is 1. The second kappa shape index (κ2) is 42.0. The van der Waals surface area contributed by atoms with E-state index in [-0.39, 0.29) is 12.8 Å². The summed E-state index contributed by atoms with van der Waals surface area (Å²) < 4.78 is 11.1. The molecule has 11 nitrogen and oxygen atoms in total. The molecule has 1 aliphatic rings. The summed E-state index contributed by atoms with van der Waals surface area (Å²) in [5, 5.41) is 75.8. The average Bonchev–Trinajstić information content (AvgIpc) is 3.28. The zero-order chi connectivity index (χ0) is 46.2. The molecule has 1 rings (SSSR count). The molecule has 1 aliphatic heterocycles. The second-order valence-electron chi connectivity index (χ2n) is 18.6. The Bertz CT molecular complexity index is 1080. The molecule has 1 amide bonds. The number of nitrogens with one attached hydrogen (secondary N) is 1. The summed E-state index contributed by atoms with van der Waals surface area (Å²) in [6, 6.07) is -1.19. The fourth-order valence-electron chi connectivity index (χ4n) is 8.40. The monoisotopic (exact) mass is 898 g/mol. The van der Waals surface area contributed by atoms with Gasteiger partial charge in [0.1, 0.15) is 36.6 Å². The fourth-order valence-corrected chi connectivity index (χ4v) is 8.40. The van der Waals surface area contributed by atoms with Crippen molar-refractivity contribution >= 4 is 5.91 Å². The van der Waals surface area contributed by atoms with Crippen LogP contribution in [0, 0.1) is 0 Å². The van der Waals surface area contributed by atoms with Gasteiger partial charge in [-0.1, -0.05) is 205 Å². The number of unbranched alkanes of at least 4 members (excludes halogenated alkanes) is 28. The molecule has 1 fully saturated rings. The Kier molecular flexibility index (Phi) is 39.7. The molecule has 1 saturated heterocycles. The van der Waals surface area contributed by atoms with Gasteiger partial charge in [0, 0.05) is 0 Å². The predicted octanol–water partition coefficient (Wildman–Crippen LogP) is 9.79. The highest BCUT2D eigenvalue weighted by Crippen LogP contribution is 2.23. The molecule has 9 unspecified atom stereocenters. The van der Waals surface area contributed by atoms with Crippen molar-refractivity contribution in [1.29, 1.82) is 0 Å². The third-order valence-electron chi connectivity index (χ3n) is 12.7. The molecule has 0 radical (unpaired) electrons. The molecule has 0 aromatic rings. The third kappa shape index (κ3) is 31.2. The second-order valence-corrected chi connectivity index (χ2v) is 18.6. The molecule has 11 heteroatoms. The van der Waals surface area contributed by atoms with Crippen LogP contribution in [0.3, 0.4) is 0 Å². The SMILES string of the molecule is CCCCCCCCCCCCCCCC/C=C/CC/C=C/CCCC(O)C(O)C(COC1OC(CO)C(O)C(O)C1O)NC(=O)C(O)CCCCCCCCCCCCCCC. The van der Waals surface area contributed by atoms with Gasteiger partial charge < -0.3 is 50.5 Å². The van der Waals surface area contributed by atoms with E-state index < -0.39 is 74.2 Å². The molecule has 0 saturated carbocycles. The molecule has 0 spiro atoms. The summed E-state index contributed by atoms with van der Waals surface area (Å²) in [6.45, 7) is 3.43. The summed E-state index contributed by atoms with van der Waals surface area (Å²) in [5.74, 6) is -0.709. The minimum atomic E-state index is -1.67. The van der Waals surface area contributed by atoms with Gasteiger partial charge in [0.25, 0.3) is 0 Å². The number of rotatable bonds is 44. The van der Waals surface area contributed by atoms with Crippen LogP contribution in [0.5, 0.6) is 0 Å². The van der Waals surface area contributed by atoms with Crippen molar-refractivity contribution in [3.8, 4) is 0 Å². The van der Waals surface area contributed by atoms with E-state index in [1.165, 1.54) is 148 Å². The normalized spacial score (nSPS) is 21.3. The van der Waals surface area contributed by atoms with Crippen molar-refractivity contribution in [2.24, 2.45) is 0 Å². The zero-order valence-electron chi connectivity index (χ0n) is 40.3. The Hall–Kier alpha value is -1.41. The van der Waals surface area contributed by atoms with E-state index in [1.807, 2.05) is 0 Å². The van der Waals surface area contributed by atoms with Crippen molar-refractivity contribution < 1.29 is 50.0 Å². The van der Waals surface area contributed by atoms with Gasteiger partial charge in [-0.3, -0.25) is 4.79 Å². The number of aliphatic hydroxyl groups is 7. The molecule has 0 aliphatic carbocycles. The van der Waals surface area contributed by atoms with Crippen LogP contribution in [-0.2, 0) is 14.3 Å². The summed E-state index contributed by atoms with van der Waals surface area (Å²) in [5.41, 5.74) is 0. The molecular formula is C52H99NO10. The van der Waals surface area contributed by atoms with Crippen LogP contribution in [0.2, 0.25) is 0 Å². The predicted molar refractivity (Wildman–Crippen MR) is 256 cm³/mol. The van der Waals surface area contributed by atoms with Gasteiger partial charge in [-0.15, -0.1) is 0 Å².